The minimum Gasteiger partial charge on any atom is -0.385 e. The van der Waals surface area contributed by atoms with Gasteiger partial charge in [0.1, 0.15) is 10.0 Å². The molecule has 2 aromatic heterocycles. The van der Waals surface area contributed by atoms with E-state index in [0.717, 1.165) is 11.6 Å². The lowest BCUT2D eigenvalue weighted by atomic mass is 10.3. The van der Waals surface area contributed by atoms with Gasteiger partial charge < -0.3 is 5.73 Å². The van der Waals surface area contributed by atoms with Crippen LogP contribution in [0.15, 0.2) is 28.6 Å². The van der Waals surface area contributed by atoms with Crippen LogP contribution in [0.2, 0.25) is 0 Å². The van der Waals surface area contributed by atoms with E-state index in [9.17, 15) is 18.5 Å². The Labute approximate surface area is 118 Å². The van der Waals surface area contributed by atoms with Crippen molar-refractivity contribution in [3.8, 4) is 0 Å². The van der Waals surface area contributed by atoms with Crippen LogP contribution in [0.1, 0.15) is 5.56 Å². The Morgan fingerprint density at radius 1 is 1.45 bits per heavy atom. The number of nitrogens with zero attached hydrogens (tertiary/aromatic N) is 2. The summed E-state index contributed by atoms with van der Waals surface area (Å²) in [5.41, 5.74) is 5.83. The minimum atomic E-state index is -3.94. The van der Waals surface area contributed by atoms with Crippen molar-refractivity contribution in [3.63, 3.8) is 0 Å². The van der Waals surface area contributed by atoms with Crippen LogP contribution >= 0.6 is 11.3 Å². The van der Waals surface area contributed by atoms with Gasteiger partial charge in [-0.05, 0) is 24.6 Å². The average molecular weight is 314 g/mol. The highest BCUT2D eigenvalue weighted by Gasteiger charge is 2.25. The molecule has 8 nitrogen and oxygen atoms in total. The van der Waals surface area contributed by atoms with Crippen molar-refractivity contribution < 1.29 is 13.3 Å². The molecular weight excluding hydrogens is 304 g/mol. The number of aromatic nitrogens is 1. The number of thiophene rings is 1. The number of nitrogen functional groups attached to an aromatic ring is 1. The highest BCUT2D eigenvalue weighted by atomic mass is 32.2. The fraction of sp³-hybridized carbons (Fsp3) is 0.100. The standard InChI is InChI=1S/C10H10N4O4S2/c1-6-2-3-12-8(4-6)13-20(17,18)9-5-7(14(15)16)10(11)19-9/h2-5H,11H2,1H3,(H,12,13). The van der Waals surface area contributed by atoms with Gasteiger partial charge in [-0.1, -0.05) is 11.3 Å². The summed E-state index contributed by atoms with van der Waals surface area (Å²) in [7, 11) is -3.94. The Kier molecular flexibility index (Phi) is 3.59. The number of aryl methyl sites for hydroxylation is 1. The number of nitrogens with two attached hydrogens (primary N) is 1. The normalized spacial score (nSPS) is 11.2. The maximum absolute atomic E-state index is 12.1. The summed E-state index contributed by atoms with van der Waals surface area (Å²) < 4.78 is 26.2. The first-order valence-electron chi connectivity index (χ1n) is 5.29. The van der Waals surface area contributed by atoms with Crippen LogP contribution in [0.25, 0.3) is 0 Å². The Morgan fingerprint density at radius 3 is 2.70 bits per heavy atom. The molecule has 0 saturated heterocycles. The summed E-state index contributed by atoms with van der Waals surface area (Å²) in [5.74, 6) is 0.139. The summed E-state index contributed by atoms with van der Waals surface area (Å²) in [6, 6.07) is 4.19. The molecule has 106 valence electrons. The van der Waals surface area contributed by atoms with E-state index in [1.807, 2.05) is 0 Å². The van der Waals surface area contributed by atoms with Crippen LogP contribution in [0.4, 0.5) is 16.5 Å². The Bertz CT molecular complexity index is 769. The third-order valence-corrected chi connectivity index (χ3v) is 5.12. The second-order valence-corrected chi connectivity index (χ2v) is 6.89. The van der Waals surface area contributed by atoms with Crippen molar-refractivity contribution in [1.29, 1.82) is 0 Å². The first-order valence-corrected chi connectivity index (χ1v) is 7.59. The van der Waals surface area contributed by atoms with E-state index in [1.54, 1.807) is 19.1 Å². The average Bonchev–Trinajstić information content (AvgIpc) is 2.71. The summed E-state index contributed by atoms with van der Waals surface area (Å²) in [5, 5.41) is 10.5. The Hall–Kier alpha value is -2.20. The fourth-order valence-corrected chi connectivity index (χ4v) is 3.64. The lowest BCUT2D eigenvalue weighted by Gasteiger charge is -2.05. The van der Waals surface area contributed by atoms with Gasteiger partial charge in [-0.2, -0.15) is 0 Å². The lowest BCUT2D eigenvalue weighted by Crippen LogP contribution is -2.12. The maximum Gasteiger partial charge on any atom is 0.304 e. The number of sulfonamides is 1. The highest BCUT2D eigenvalue weighted by molar-refractivity contribution is 7.94. The molecule has 2 heterocycles. The van der Waals surface area contributed by atoms with Gasteiger partial charge in [0.05, 0.1) is 4.92 Å². The van der Waals surface area contributed by atoms with E-state index in [4.69, 9.17) is 5.73 Å². The number of hydrogen-bond donors (Lipinski definition) is 2. The smallest absolute Gasteiger partial charge is 0.304 e. The monoisotopic (exact) mass is 314 g/mol. The molecule has 0 atom stereocenters. The maximum atomic E-state index is 12.1. The van der Waals surface area contributed by atoms with E-state index in [0.29, 0.717) is 11.3 Å². The van der Waals surface area contributed by atoms with E-state index in [-0.39, 0.29) is 15.0 Å². The molecule has 0 bridgehead atoms. The van der Waals surface area contributed by atoms with Gasteiger partial charge in [0, 0.05) is 12.3 Å². The molecule has 0 aliphatic heterocycles. The summed E-state index contributed by atoms with van der Waals surface area (Å²) in [6.45, 7) is 1.79. The van der Waals surface area contributed by atoms with Crippen molar-refractivity contribution in [2.75, 3.05) is 10.5 Å². The molecule has 0 unspecified atom stereocenters. The van der Waals surface area contributed by atoms with Crippen molar-refractivity contribution in [2.45, 2.75) is 11.1 Å². The molecule has 0 amide bonds. The van der Waals surface area contributed by atoms with Crippen LogP contribution < -0.4 is 10.5 Å². The molecule has 0 aromatic carbocycles. The molecule has 0 fully saturated rings. The minimum absolute atomic E-state index is 0.139. The molecule has 2 aromatic rings. The van der Waals surface area contributed by atoms with Gasteiger partial charge in [0.25, 0.3) is 10.0 Å². The van der Waals surface area contributed by atoms with Crippen LogP contribution in [0, 0.1) is 17.0 Å². The molecule has 3 N–H and O–H groups in total. The Morgan fingerprint density at radius 2 is 2.15 bits per heavy atom. The quantitative estimate of drug-likeness (QED) is 0.653. The van der Waals surface area contributed by atoms with E-state index >= 15 is 0 Å². The zero-order valence-electron chi connectivity index (χ0n) is 10.2. The molecule has 0 spiro atoms. The second kappa shape index (κ2) is 5.06. The number of pyridine rings is 1. The molecule has 20 heavy (non-hydrogen) atoms. The predicted octanol–water partition coefficient (Wildman–Crippen LogP) is 1.74. The van der Waals surface area contributed by atoms with Gasteiger partial charge in [0.15, 0.2) is 5.00 Å². The predicted molar refractivity (Wildman–Crippen MR) is 75.2 cm³/mol. The van der Waals surface area contributed by atoms with Gasteiger partial charge >= 0.3 is 5.69 Å². The first kappa shape index (κ1) is 14.2. The molecular formula is C10H10N4O4S2. The van der Waals surface area contributed by atoms with Crippen molar-refractivity contribution in [2.24, 2.45) is 0 Å². The molecule has 10 heteroatoms. The molecule has 0 saturated carbocycles. The lowest BCUT2D eigenvalue weighted by molar-refractivity contribution is -0.383. The van der Waals surface area contributed by atoms with Crippen molar-refractivity contribution in [3.05, 3.63) is 40.1 Å². The second-order valence-electron chi connectivity index (χ2n) is 3.90. The van der Waals surface area contributed by atoms with E-state index in [1.165, 1.54) is 6.20 Å². The highest BCUT2D eigenvalue weighted by Crippen LogP contribution is 2.34. The Balaban J connectivity index is 2.36. The first-order chi connectivity index (χ1) is 9.29. The molecule has 0 radical (unpaired) electrons. The molecule has 2 rings (SSSR count). The van der Waals surface area contributed by atoms with Gasteiger partial charge in [-0.15, -0.1) is 0 Å². The van der Waals surface area contributed by atoms with Gasteiger partial charge in [-0.3, -0.25) is 14.8 Å². The number of hydrogen-bond acceptors (Lipinski definition) is 7. The van der Waals surface area contributed by atoms with Crippen molar-refractivity contribution in [1.82, 2.24) is 4.98 Å². The summed E-state index contributed by atoms with van der Waals surface area (Å²) in [6.07, 6.45) is 1.46. The summed E-state index contributed by atoms with van der Waals surface area (Å²) >= 11 is 0.631. The van der Waals surface area contributed by atoms with Crippen LogP contribution in [0.3, 0.4) is 0 Å². The largest absolute Gasteiger partial charge is 0.385 e. The zero-order chi connectivity index (χ0) is 14.9. The number of anilines is 2. The molecule has 0 aliphatic rings. The molecule has 0 aliphatic carbocycles. The topological polar surface area (TPSA) is 128 Å². The van der Waals surface area contributed by atoms with E-state index < -0.39 is 20.6 Å². The van der Waals surface area contributed by atoms with Gasteiger partial charge in [0.2, 0.25) is 0 Å². The van der Waals surface area contributed by atoms with Crippen molar-refractivity contribution >= 4 is 37.9 Å². The third-order valence-electron chi connectivity index (χ3n) is 2.33. The number of nitro groups is 1. The van der Waals surface area contributed by atoms with E-state index in [2.05, 4.69) is 9.71 Å². The SMILES string of the molecule is Cc1ccnc(NS(=O)(=O)c2cc([N+](=O)[O-])c(N)s2)c1. The van der Waals surface area contributed by atoms with Gasteiger partial charge in [-0.25, -0.2) is 13.4 Å². The fourth-order valence-electron chi connectivity index (χ4n) is 1.43. The van der Waals surface area contributed by atoms with Crippen LogP contribution in [-0.2, 0) is 10.0 Å². The third kappa shape index (κ3) is 2.86. The van der Waals surface area contributed by atoms with Crippen LogP contribution in [0.5, 0.6) is 0 Å². The summed E-state index contributed by atoms with van der Waals surface area (Å²) in [4.78, 5) is 13.8. The number of rotatable bonds is 4. The van der Waals surface area contributed by atoms with Crippen LogP contribution in [-0.4, -0.2) is 18.3 Å². The number of nitrogens with one attached hydrogen (secondary N) is 1. The zero-order valence-corrected chi connectivity index (χ0v) is 11.9.